The Balaban J connectivity index is 1.85. The highest BCUT2D eigenvalue weighted by Gasteiger charge is 2.39. The van der Waals surface area contributed by atoms with Gasteiger partial charge in [-0.05, 0) is 36.6 Å². The minimum atomic E-state index is -3.64. The Bertz CT molecular complexity index is 836. The molecule has 1 aliphatic rings. The van der Waals surface area contributed by atoms with Crippen LogP contribution >= 0.6 is 0 Å². The quantitative estimate of drug-likeness (QED) is 0.741. The van der Waals surface area contributed by atoms with Gasteiger partial charge in [-0.1, -0.05) is 25.3 Å². The maximum Gasteiger partial charge on any atom is 0.216 e. The maximum atomic E-state index is 13.2. The van der Waals surface area contributed by atoms with Crippen molar-refractivity contribution in [3.05, 3.63) is 54.2 Å². The molecule has 1 aliphatic carbocycles. The van der Waals surface area contributed by atoms with Crippen LogP contribution in [0, 0.1) is 16.7 Å². The molecular weight excluding hydrogens is 350 g/mol. The Kier molecular flexibility index (Phi) is 5.74. The number of hydrogen-bond donors (Lipinski definition) is 0. The molecule has 2 aromatic rings. The van der Waals surface area contributed by atoms with Crippen LogP contribution in [0.25, 0.3) is 0 Å². The summed E-state index contributed by atoms with van der Waals surface area (Å²) in [7, 11) is -3.64. The second kappa shape index (κ2) is 8.02. The fourth-order valence-corrected chi connectivity index (χ4v) is 5.39. The molecule has 2 aromatic heterocycles. The average Bonchev–Trinajstić information content (AvgIpc) is 3.16. The van der Waals surface area contributed by atoms with Crippen molar-refractivity contribution in [2.24, 2.45) is 5.41 Å². The van der Waals surface area contributed by atoms with E-state index in [1.165, 1.54) is 10.6 Å². The summed E-state index contributed by atoms with van der Waals surface area (Å²) in [5.74, 6) is 0.435. The first-order valence-corrected chi connectivity index (χ1v) is 10.4. The van der Waals surface area contributed by atoms with Gasteiger partial charge in [-0.25, -0.2) is 8.42 Å². The third-order valence-electron chi connectivity index (χ3n) is 4.89. The van der Waals surface area contributed by atoms with Crippen molar-refractivity contribution in [1.82, 2.24) is 9.29 Å². The largest absolute Gasteiger partial charge is 0.468 e. The zero-order valence-electron chi connectivity index (χ0n) is 14.7. The van der Waals surface area contributed by atoms with Crippen molar-refractivity contribution in [1.29, 1.82) is 5.26 Å². The topological polar surface area (TPSA) is 87.2 Å². The van der Waals surface area contributed by atoms with Gasteiger partial charge in [-0.2, -0.15) is 9.57 Å². The Morgan fingerprint density at radius 3 is 2.62 bits per heavy atom. The number of hydrogen-bond acceptors (Lipinski definition) is 5. The van der Waals surface area contributed by atoms with E-state index >= 15 is 0 Å². The molecule has 0 unspecified atom stereocenters. The summed E-state index contributed by atoms with van der Waals surface area (Å²) in [6.45, 7) is 0.351. The summed E-state index contributed by atoms with van der Waals surface area (Å²) in [5, 5.41) is 9.67. The molecule has 0 atom stereocenters. The molecule has 0 aromatic carbocycles. The van der Waals surface area contributed by atoms with Crippen molar-refractivity contribution in [2.45, 2.75) is 45.2 Å². The second-order valence-corrected chi connectivity index (χ2v) is 8.89. The lowest BCUT2D eigenvalue weighted by Crippen LogP contribution is -2.39. The number of furan rings is 1. The highest BCUT2D eigenvalue weighted by Crippen LogP contribution is 2.37. The van der Waals surface area contributed by atoms with Crippen molar-refractivity contribution in [2.75, 3.05) is 5.75 Å². The molecule has 2 heterocycles. The first-order chi connectivity index (χ1) is 12.5. The molecule has 0 aliphatic heterocycles. The van der Waals surface area contributed by atoms with Crippen LogP contribution in [0.3, 0.4) is 0 Å². The Morgan fingerprint density at radius 1 is 1.19 bits per heavy atom. The fourth-order valence-electron chi connectivity index (χ4n) is 3.48. The van der Waals surface area contributed by atoms with Gasteiger partial charge in [0.05, 0.1) is 30.0 Å². The zero-order valence-corrected chi connectivity index (χ0v) is 15.5. The van der Waals surface area contributed by atoms with Gasteiger partial charge in [-0.3, -0.25) is 4.98 Å². The number of sulfonamides is 1. The monoisotopic (exact) mass is 373 g/mol. The van der Waals surface area contributed by atoms with Crippen LogP contribution in [-0.2, 0) is 23.1 Å². The minimum absolute atomic E-state index is 0.141. The Labute approximate surface area is 154 Å². The van der Waals surface area contributed by atoms with E-state index < -0.39 is 15.4 Å². The molecule has 0 radical (unpaired) electrons. The first-order valence-electron chi connectivity index (χ1n) is 8.83. The molecule has 1 fully saturated rings. The van der Waals surface area contributed by atoms with E-state index in [1.807, 2.05) is 6.07 Å². The third-order valence-corrected chi connectivity index (χ3v) is 6.86. The van der Waals surface area contributed by atoms with Gasteiger partial charge in [0.25, 0.3) is 0 Å². The summed E-state index contributed by atoms with van der Waals surface area (Å²) in [6.07, 6.45) is 9.01. The second-order valence-electron chi connectivity index (χ2n) is 6.92. The predicted molar refractivity (Wildman–Crippen MR) is 97.1 cm³/mol. The Hall–Kier alpha value is -2.17. The van der Waals surface area contributed by atoms with E-state index in [2.05, 4.69) is 11.1 Å². The normalized spacial score (nSPS) is 17.1. The van der Waals surface area contributed by atoms with E-state index in [0.717, 1.165) is 24.8 Å². The van der Waals surface area contributed by atoms with E-state index in [1.54, 1.807) is 30.6 Å². The van der Waals surface area contributed by atoms with E-state index in [-0.39, 0.29) is 18.8 Å². The van der Waals surface area contributed by atoms with Gasteiger partial charge < -0.3 is 4.42 Å². The highest BCUT2D eigenvalue weighted by molar-refractivity contribution is 7.89. The Morgan fingerprint density at radius 2 is 2.00 bits per heavy atom. The van der Waals surface area contributed by atoms with Gasteiger partial charge in [0.2, 0.25) is 10.0 Å². The van der Waals surface area contributed by atoms with Crippen molar-refractivity contribution >= 4 is 10.0 Å². The van der Waals surface area contributed by atoms with Crippen LogP contribution in [0.15, 0.2) is 47.3 Å². The molecule has 0 bridgehead atoms. The van der Waals surface area contributed by atoms with Gasteiger partial charge in [-0.15, -0.1) is 0 Å². The molecule has 0 spiro atoms. The number of aromatic nitrogens is 1. The molecule has 7 heteroatoms. The van der Waals surface area contributed by atoms with Crippen LogP contribution in [-0.4, -0.2) is 23.5 Å². The van der Waals surface area contributed by atoms with Crippen molar-refractivity contribution in [3.8, 4) is 6.07 Å². The standard InChI is InChI=1S/C19H23N3O3S/c20-15-19(8-2-1-3-9-19)16-26(23,24)22(14-18-7-5-11-25-18)13-17-6-4-10-21-12-17/h4-7,10-12H,1-3,8-9,13-14,16H2. The van der Waals surface area contributed by atoms with Crippen molar-refractivity contribution < 1.29 is 12.8 Å². The van der Waals surface area contributed by atoms with Crippen LogP contribution in [0.4, 0.5) is 0 Å². The summed E-state index contributed by atoms with van der Waals surface area (Å²) in [6, 6.07) is 9.43. The van der Waals surface area contributed by atoms with Gasteiger partial charge in [0.15, 0.2) is 0 Å². The predicted octanol–water partition coefficient (Wildman–Crippen LogP) is 3.48. The SMILES string of the molecule is N#CC1(CS(=O)(=O)N(Cc2cccnc2)Cc2ccco2)CCCCC1. The fraction of sp³-hybridized carbons (Fsp3) is 0.474. The van der Waals surface area contributed by atoms with Crippen molar-refractivity contribution in [3.63, 3.8) is 0 Å². The first kappa shape index (κ1) is 18.6. The van der Waals surface area contributed by atoms with Crippen LogP contribution in [0.2, 0.25) is 0 Å². The number of pyridine rings is 1. The molecule has 0 amide bonds. The molecule has 138 valence electrons. The third kappa shape index (κ3) is 4.51. The number of nitriles is 1. The van der Waals surface area contributed by atoms with E-state index in [4.69, 9.17) is 4.42 Å². The molecule has 26 heavy (non-hydrogen) atoms. The van der Waals surface area contributed by atoms with Gasteiger partial charge in [0.1, 0.15) is 5.76 Å². The average molecular weight is 373 g/mol. The molecule has 3 rings (SSSR count). The lowest BCUT2D eigenvalue weighted by molar-refractivity contribution is 0.286. The highest BCUT2D eigenvalue weighted by atomic mass is 32.2. The molecular formula is C19H23N3O3S. The lowest BCUT2D eigenvalue weighted by atomic mass is 9.77. The summed E-state index contributed by atoms with van der Waals surface area (Å²) in [4.78, 5) is 4.07. The van der Waals surface area contributed by atoms with Crippen LogP contribution < -0.4 is 0 Å². The maximum absolute atomic E-state index is 13.2. The van der Waals surface area contributed by atoms with E-state index in [9.17, 15) is 13.7 Å². The zero-order chi connectivity index (χ0) is 18.5. The number of rotatable bonds is 7. The lowest BCUT2D eigenvalue weighted by Gasteiger charge is -2.32. The molecule has 6 nitrogen and oxygen atoms in total. The summed E-state index contributed by atoms with van der Waals surface area (Å²) in [5.41, 5.74) is 0.0187. The molecule has 0 saturated heterocycles. The molecule has 1 saturated carbocycles. The smallest absolute Gasteiger partial charge is 0.216 e. The minimum Gasteiger partial charge on any atom is -0.468 e. The summed E-state index contributed by atoms with van der Waals surface area (Å²) >= 11 is 0. The van der Waals surface area contributed by atoms with E-state index in [0.29, 0.717) is 18.6 Å². The molecule has 0 N–H and O–H groups in total. The summed E-state index contributed by atoms with van der Waals surface area (Å²) < 4.78 is 33.2. The van der Waals surface area contributed by atoms with Crippen LogP contribution in [0.5, 0.6) is 0 Å². The van der Waals surface area contributed by atoms with Crippen LogP contribution in [0.1, 0.15) is 43.4 Å². The number of nitrogens with zero attached hydrogens (tertiary/aromatic N) is 3. The van der Waals surface area contributed by atoms with Gasteiger partial charge >= 0.3 is 0 Å². The van der Waals surface area contributed by atoms with Gasteiger partial charge in [0, 0.05) is 18.9 Å².